The first-order chi connectivity index (χ1) is 9.02. The number of carbonyl (C=O) groups is 1. The highest BCUT2D eigenvalue weighted by molar-refractivity contribution is 6.29. The molecule has 2 heterocycles. The van der Waals surface area contributed by atoms with Gasteiger partial charge in [0.05, 0.1) is 17.6 Å². The maximum atomic E-state index is 11.3. The normalized spacial score (nSPS) is 10.2. The quantitative estimate of drug-likeness (QED) is 0.482. The van der Waals surface area contributed by atoms with Crippen molar-refractivity contribution in [2.75, 3.05) is 7.11 Å². The van der Waals surface area contributed by atoms with E-state index in [4.69, 9.17) is 11.6 Å². The van der Waals surface area contributed by atoms with E-state index in [0.29, 0.717) is 0 Å². The Hall–Kier alpha value is -2.48. The van der Waals surface area contributed by atoms with Crippen molar-refractivity contribution in [2.24, 2.45) is 0 Å². The van der Waals surface area contributed by atoms with E-state index >= 15 is 0 Å². The van der Waals surface area contributed by atoms with E-state index in [1.807, 2.05) is 0 Å². The van der Waals surface area contributed by atoms with Gasteiger partial charge in [-0.3, -0.25) is 14.7 Å². The van der Waals surface area contributed by atoms with Crippen molar-refractivity contribution >= 4 is 23.3 Å². The molecule has 19 heavy (non-hydrogen) atoms. The minimum Gasteiger partial charge on any atom is -0.465 e. The van der Waals surface area contributed by atoms with Crippen LogP contribution in [0.15, 0.2) is 24.8 Å². The second-order valence-corrected chi connectivity index (χ2v) is 3.81. The van der Waals surface area contributed by atoms with Gasteiger partial charge in [0.25, 0.3) is 0 Å². The van der Waals surface area contributed by atoms with Gasteiger partial charge in [0.15, 0.2) is 0 Å². The Bertz CT molecular complexity index is 655. The molecule has 0 atom stereocenters. The molecule has 2 rings (SSSR count). The van der Waals surface area contributed by atoms with E-state index < -0.39 is 10.9 Å². The molecule has 0 aromatic carbocycles. The molecule has 98 valence electrons. The van der Waals surface area contributed by atoms with Gasteiger partial charge in [-0.05, 0) is 0 Å². The molecule has 2 aromatic heterocycles. The highest BCUT2D eigenvalue weighted by Gasteiger charge is 2.21. The molecule has 0 saturated carbocycles. The predicted octanol–water partition coefficient (Wildman–Crippen LogP) is 1.62. The van der Waals surface area contributed by atoms with E-state index in [9.17, 15) is 14.9 Å². The Balaban J connectivity index is 2.56. The molecular weight excluding hydrogens is 276 g/mol. The number of aromatic nitrogens is 3. The predicted molar refractivity (Wildman–Crippen MR) is 64.4 cm³/mol. The van der Waals surface area contributed by atoms with Crippen molar-refractivity contribution in [1.82, 2.24) is 14.5 Å². The SMILES string of the molecule is COC(=O)c1cnc(-n2cnc(Cl)c2)c([N+](=O)[O-])c1. The Morgan fingerprint density at radius 2 is 2.26 bits per heavy atom. The molecule has 0 aliphatic carbocycles. The molecule has 9 heteroatoms. The van der Waals surface area contributed by atoms with Gasteiger partial charge in [0.2, 0.25) is 5.82 Å². The molecule has 0 unspecified atom stereocenters. The lowest BCUT2D eigenvalue weighted by molar-refractivity contribution is -0.384. The summed E-state index contributed by atoms with van der Waals surface area (Å²) in [6.45, 7) is 0. The fourth-order valence-electron chi connectivity index (χ4n) is 1.42. The smallest absolute Gasteiger partial charge is 0.339 e. The summed E-state index contributed by atoms with van der Waals surface area (Å²) in [5.74, 6) is -0.692. The second-order valence-electron chi connectivity index (χ2n) is 3.42. The number of imidazole rings is 1. The molecular formula is C10H7ClN4O4. The van der Waals surface area contributed by atoms with Gasteiger partial charge in [-0.1, -0.05) is 11.6 Å². The van der Waals surface area contributed by atoms with Crippen molar-refractivity contribution in [2.45, 2.75) is 0 Å². The summed E-state index contributed by atoms with van der Waals surface area (Å²) in [5, 5.41) is 11.2. The molecule has 0 N–H and O–H groups in total. The van der Waals surface area contributed by atoms with Gasteiger partial charge in [0.1, 0.15) is 11.5 Å². The standard InChI is InChI=1S/C10H7ClN4O4/c1-19-10(16)6-2-7(15(17)18)9(12-3-6)14-4-8(11)13-5-14/h2-5H,1H3. The lowest BCUT2D eigenvalue weighted by atomic mass is 10.2. The number of rotatable bonds is 3. The minimum absolute atomic E-state index is 0.0100. The molecule has 0 spiro atoms. The first-order valence-corrected chi connectivity index (χ1v) is 5.33. The van der Waals surface area contributed by atoms with Crippen molar-refractivity contribution in [3.8, 4) is 5.82 Å². The molecule has 0 saturated heterocycles. The zero-order valence-corrected chi connectivity index (χ0v) is 10.4. The van der Waals surface area contributed by atoms with Crippen LogP contribution in [0.2, 0.25) is 5.15 Å². The summed E-state index contributed by atoms with van der Waals surface area (Å²) in [5.41, 5.74) is -0.360. The van der Waals surface area contributed by atoms with Crippen LogP contribution in [0.3, 0.4) is 0 Å². The van der Waals surface area contributed by atoms with Crippen LogP contribution < -0.4 is 0 Å². The van der Waals surface area contributed by atoms with Crippen LogP contribution in [-0.2, 0) is 4.74 Å². The highest BCUT2D eigenvalue weighted by Crippen LogP contribution is 2.23. The minimum atomic E-state index is -0.703. The molecule has 0 bridgehead atoms. The zero-order valence-electron chi connectivity index (χ0n) is 9.61. The van der Waals surface area contributed by atoms with Gasteiger partial charge in [-0.2, -0.15) is 0 Å². The van der Waals surface area contributed by atoms with Crippen LogP contribution >= 0.6 is 11.6 Å². The van der Waals surface area contributed by atoms with Gasteiger partial charge in [-0.15, -0.1) is 0 Å². The Kier molecular flexibility index (Phi) is 3.43. The molecule has 0 fully saturated rings. The van der Waals surface area contributed by atoms with Crippen LogP contribution in [-0.4, -0.2) is 32.5 Å². The van der Waals surface area contributed by atoms with Crippen molar-refractivity contribution in [3.05, 3.63) is 45.6 Å². The lowest BCUT2D eigenvalue weighted by Gasteiger charge is -2.04. The number of pyridine rings is 1. The Labute approximate surface area is 111 Å². The number of carbonyl (C=O) groups excluding carboxylic acids is 1. The van der Waals surface area contributed by atoms with Crippen LogP contribution in [0.4, 0.5) is 5.69 Å². The number of ether oxygens (including phenoxy) is 1. The average Bonchev–Trinajstić information content (AvgIpc) is 2.83. The fourth-order valence-corrected chi connectivity index (χ4v) is 1.57. The molecule has 2 aromatic rings. The topological polar surface area (TPSA) is 100 Å². The summed E-state index contributed by atoms with van der Waals surface area (Å²) in [6, 6.07) is 1.09. The number of hydrogen-bond donors (Lipinski definition) is 0. The highest BCUT2D eigenvalue weighted by atomic mass is 35.5. The zero-order chi connectivity index (χ0) is 14.0. The van der Waals surface area contributed by atoms with Crippen LogP contribution in [0.5, 0.6) is 0 Å². The number of esters is 1. The monoisotopic (exact) mass is 282 g/mol. The molecule has 8 nitrogen and oxygen atoms in total. The first kappa shape index (κ1) is 13.0. The fraction of sp³-hybridized carbons (Fsp3) is 0.100. The van der Waals surface area contributed by atoms with Gasteiger partial charge in [-0.25, -0.2) is 14.8 Å². The van der Waals surface area contributed by atoms with Gasteiger partial charge < -0.3 is 4.74 Å². The van der Waals surface area contributed by atoms with Crippen molar-refractivity contribution < 1.29 is 14.5 Å². The number of halogens is 1. The van der Waals surface area contributed by atoms with Crippen molar-refractivity contribution in [1.29, 1.82) is 0 Å². The Morgan fingerprint density at radius 1 is 1.53 bits per heavy atom. The van der Waals surface area contributed by atoms with E-state index in [2.05, 4.69) is 14.7 Å². The van der Waals surface area contributed by atoms with Gasteiger partial charge in [0, 0.05) is 18.5 Å². The maximum Gasteiger partial charge on any atom is 0.339 e. The maximum absolute atomic E-state index is 11.3. The lowest BCUT2D eigenvalue weighted by Crippen LogP contribution is -2.07. The molecule has 0 amide bonds. The van der Waals surface area contributed by atoms with E-state index in [-0.39, 0.29) is 22.2 Å². The van der Waals surface area contributed by atoms with Crippen LogP contribution in [0.25, 0.3) is 5.82 Å². The van der Waals surface area contributed by atoms with E-state index in [1.54, 1.807) is 0 Å². The third-order valence-corrected chi connectivity index (χ3v) is 2.46. The Morgan fingerprint density at radius 3 is 2.79 bits per heavy atom. The number of hydrogen-bond acceptors (Lipinski definition) is 6. The summed E-state index contributed by atoms with van der Waals surface area (Å²) < 4.78 is 5.77. The summed E-state index contributed by atoms with van der Waals surface area (Å²) in [4.78, 5) is 29.3. The average molecular weight is 283 g/mol. The number of methoxy groups -OCH3 is 1. The summed E-state index contributed by atoms with van der Waals surface area (Å²) >= 11 is 5.64. The van der Waals surface area contributed by atoms with Crippen molar-refractivity contribution in [3.63, 3.8) is 0 Å². The molecule has 0 aliphatic rings. The summed E-state index contributed by atoms with van der Waals surface area (Å²) in [6.07, 6.45) is 3.84. The van der Waals surface area contributed by atoms with E-state index in [0.717, 1.165) is 6.07 Å². The van der Waals surface area contributed by atoms with Crippen LogP contribution in [0, 0.1) is 10.1 Å². The third kappa shape index (κ3) is 2.52. The first-order valence-electron chi connectivity index (χ1n) is 4.95. The molecule has 0 radical (unpaired) electrons. The summed E-state index contributed by atoms with van der Waals surface area (Å²) in [7, 11) is 1.18. The second kappa shape index (κ2) is 5.02. The number of nitro groups is 1. The van der Waals surface area contributed by atoms with Gasteiger partial charge >= 0.3 is 11.7 Å². The largest absolute Gasteiger partial charge is 0.465 e. The third-order valence-electron chi connectivity index (χ3n) is 2.26. The number of nitrogens with zero attached hydrogens (tertiary/aromatic N) is 4. The van der Waals surface area contributed by atoms with Crippen LogP contribution in [0.1, 0.15) is 10.4 Å². The van der Waals surface area contributed by atoms with E-state index in [1.165, 1.54) is 30.4 Å². The molecule has 0 aliphatic heterocycles.